The van der Waals surface area contributed by atoms with Crippen LogP contribution in [0.4, 0.5) is 5.69 Å². The molecule has 0 aliphatic carbocycles. The van der Waals surface area contributed by atoms with Crippen LogP contribution in [0.1, 0.15) is 17.0 Å². The van der Waals surface area contributed by atoms with Gasteiger partial charge in [0.25, 0.3) is 0 Å². The average Bonchev–Trinajstić information content (AvgIpc) is 3.11. The van der Waals surface area contributed by atoms with Crippen molar-refractivity contribution in [2.75, 3.05) is 5.32 Å². The molecule has 1 amide bonds. The first-order valence-corrected chi connectivity index (χ1v) is 8.93. The molecule has 3 nitrogen and oxygen atoms in total. The van der Waals surface area contributed by atoms with Crippen LogP contribution in [0.3, 0.4) is 0 Å². The van der Waals surface area contributed by atoms with E-state index in [1.165, 1.54) is 0 Å². The number of rotatable bonds is 4. The summed E-state index contributed by atoms with van der Waals surface area (Å²) >= 11 is 1.59. The van der Waals surface area contributed by atoms with Crippen LogP contribution in [-0.2, 0) is 4.79 Å². The number of thiazole rings is 1. The van der Waals surface area contributed by atoms with E-state index in [9.17, 15) is 4.79 Å². The zero-order valence-electron chi connectivity index (χ0n) is 13.4. The normalized spacial score (nSPS) is 10.9. The summed E-state index contributed by atoms with van der Waals surface area (Å²) in [6.45, 7) is 0. The Bertz CT molecular complexity index is 957. The molecule has 0 saturated heterocycles. The first kappa shape index (κ1) is 15.5. The van der Waals surface area contributed by atoms with Gasteiger partial charge in [0.1, 0.15) is 0 Å². The lowest BCUT2D eigenvalue weighted by molar-refractivity contribution is -0.116. The predicted molar refractivity (Wildman–Crippen MR) is 103 cm³/mol. The summed E-state index contributed by atoms with van der Waals surface area (Å²) < 4.78 is 1.11. The number of carbonyl (C=O) groups excluding carboxylic acids is 1. The van der Waals surface area contributed by atoms with Crippen LogP contribution in [0.5, 0.6) is 0 Å². The third-order valence-electron chi connectivity index (χ3n) is 4.13. The van der Waals surface area contributed by atoms with Crippen LogP contribution in [0.15, 0.2) is 84.4 Å². The molecule has 0 unspecified atom stereocenters. The van der Waals surface area contributed by atoms with Crippen molar-refractivity contribution in [3.05, 3.63) is 95.5 Å². The minimum Gasteiger partial charge on any atom is -0.325 e. The number of amides is 1. The van der Waals surface area contributed by atoms with Crippen LogP contribution in [0, 0.1) is 0 Å². The topological polar surface area (TPSA) is 42.0 Å². The second-order valence-corrected chi connectivity index (χ2v) is 6.66. The summed E-state index contributed by atoms with van der Waals surface area (Å²) in [5, 5.41) is 3.05. The number of hydrogen-bond acceptors (Lipinski definition) is 3. The predicted octanol–water partition coefficient (Wildman–Crippen LogP) is 5.07. The maximum atomic E-state index is 13.1. The van der Waals surface area contributed by atoms with Crippen molar-refractivity contribution in [3.8, 4) is 0 Å². The second kappa shape index (κ2) is 6.87. The molecule has 1 heterocycles. The van der Waals surface area contributed by atoms with Gasteiger partial charge in [-0.1, -0.05) is 60.7 Å². The molecule has 25 heavy (non-hydrogen) atoms. The lowest BCUT2D eigenvalue weighted by Gasteiger charge is -2.18. The van der Waals surface area contributed by atoms with E-state index in [0.717, 1.165) is 27.0 Å². The second-order valence-electron chi connectivity index (χ2n) is 5.78. The van der Waals surface area contributed by atoms with Gasteiger partial charge in [0, 0.05) is 5.69 Å². The molecule has 0 saturated carbocycles. The number of carbonyl (C=O) groups is 1. The van der Waals surface area contributed by atoms with Crippen molar-refractivity contribution >= 4 is 33.1 Å². The zero-order valence-corrected chi connectivity index (χ0v) is 14.2. The fraction of sp³-hybridized carbons (Fsp3) is 0.0476. The minimum absolute atomic E-state index is 0.0491. The summed E-state index contributed by atoms with van der Waals surface area (Å²) in [4.78, 5) is 17.4. The Hall–Kier alpha value is -2.98. The molecule has 0 aliphatic heterocycles. The molecule has 122 valence electrons. The van der Waals surface area contributed by atoms with Gasteiger partial charge in [-0.3, -0.25) is 4.79 Å². The van der Waals surface area contributed by atoms with E-state index in [-0.39, 0.29) is 11.8 Å². The Kier molecular flexibility index (Phi) is 4.27. The van der Waals surface area contributed by atoms with Crippen LogP contribution in [-0.4, -0.2) is 10.9 Å². The first-order valence-electron chi connectivity index (χ1n) is 8.05. The summed E-state index contributed by atoms with van der Waals surface area (Å²) in [5.74, 6) is -0.402. The van der Waals surface area contributed by atoms with Gasteiger partial charge in [0.15, 0.2) is 0 Å². The molecule has 0 radical (unpaired) electrons. The third kappa shape index (κ3) is 3.30. The molecule has 0 aliphatic rings. The van der Waals surface area contributed by atoms with Crippen molar-refractivity contribution in [3.63, 3.8) is 0 Å². The minimum atomic E-state index is -0.353. The number of hydrogen-bond donors (Lipinski definition) is 1. The standard InChI is InChI=1S/C21H16N2OS/c24-21(23-17-11-12-19-18(13-17)22-14-25-19)20(15-7-3-1-4-8-15)16-9-5-2-6-10-16/h1-14,20H,(H,23,24). The van der Waals surface area contributed by atoms with Gasteiger partial charge in [0.05, 0.1) is 21.6 Å². The Morgan fingerprint density at radius 1 is 0.880 bits per heavy atom. The first-order chi connectivity index (χ1) is 12.3. The summed E-state index contributed by atoms with van der Waals surface area (Å²) in [7, 11) is 0. The lowest BCUT2D eigenvalue weighted by atomic mass is 9.90. The van der Waals surface area contributed by atoms with Gasteiger partial charge in [0.2, 0.25) is 5.91 Å². The Labute approximate surface area is 150 Å². The van der Waals surface area contributed by atoms with Crippen LogP contribution in [0.25, 0.3) is 10.2 Å². The van der Waals surface area contributed by atoms with Gasteiger partial charge in [-0.05, 0) is 29.3 Å². The van der Waals surface area contributed by atoms with E-state index >= 15 is 0 Å². The SMILES string of the molecule is O=C(Nc1ccc2scnc2c1)C(c1ccccc1)c1ccccc1. The molecule has 3 aromatic carbocycles. The number of fused-ring (bicyclic) bond motifs is 1. The molecule has 1 N–H and O–H groups in total. The van der Waals surface area contributed by atoms with E-state index in [4.69, 9.17) is 0 Å². The number of nitrogens with one attached hydrogen (secondary N) is 1. The van der Waals surface area contributed by atoms with Crippen LogP contribution < -0.4 is 5.32 Å². The van der Waals surface area contributed by atoms with Crippen LogP contribution >= 0.6 is 11.3 Å². The van der Waals surface area contributed by atoms with E-state index in [0.29, 0.717) is 0 Å². The van der Waals surface area contributed by atoms with E-state index in [2.05, 4.69) is 10.3 Å². The van der Waals surface area contributed by atoms with E-state index < -0.39 is 0 Å². The van der Waals surface area contributed by atoms with Gasteiger partial charge < -0.3 is 5.32 Å². The van der Waals surface area contributed by atoms with E-state index in [1.54, 1.807) is 11.3 Å². The fourth-order valence-corrected chi connectivity index (χ4v) is 3.60. The van der Waals surface area contributed by atoms with Crippen LogP contribution in [0.2, 0.25) is 0 Å². The lowest BCUT2D eigenvalue weighted by Crippen LogP contribution is -2.22. The quantitative estimate of drug-likeness (QED) is 0.562. The van der Waals surface area contributed by atoms with Crippen molar-refractivity contribution in [1.82, 2.24) is 4.98 Å². The van der Waals surface area contributed by atoms with Crippen molar-refractivity contribution in [2.24, 2.45) is 0 Å². The molecule has 0 spiro atoms. The number of anilines is 1. The molecule has 4 aromatic rings. The highest BCUT2D eigenvalue weighted by atomic mass is 32.1. The van der Waals surface area contributed by atoms with E-state index in [1.807, 2.05) is 84.4 Å². The molecule has 0 fully saturated rings. The Balaban J connectivity index is 1.68. The molecular formula is C21H16N2OS. The highest BCUT2D eigenvalue weighted by molar-refractivity contribution is 7.16. The maximum Gasteiger partial charge on any atom is 0.236 e. The van der Waals surface area contributed by atoms with Gasteiger partial charge >= 0.3 is 0 Å². The fourth-order valence-electron chi connectivity index (χ4n) is 2.94. The molecular weight excluding hydrogens is 328 g/mol. The molecule has 4 rings (SSSR count). The molecule has 0 bridgehead atoms. The Morgan fingerprint density at radius 2 is 1.52 bits per heavy atom. The van der Waals surface area contributed by atoms with Crippen molar-refractivity contribution in [1.29, 1.82) is 0 Å². The largest absolute Gasteiger partial charge is 0.325 e. The Morgan fingerprint density at radius 3 is 2.16 bits per heavy atom. The molecule has 1 aromatic heterocycles. The number of benzene rings is 3. The molecule has 0 atom stereocenters. The van der Waals surface area contributed by atoms with Crippen molar-refractivity contribution in [2.45, 2.75) is 5.92 Å². The third-order valence-corrected chi connectivity index (χ3v) is 4.94. The maximum absolute atomic E-state index is 13.1. The summed E-state index contributed by atoms with van der Waals surface area (Å²) in [6, 6.07) is 25.5. The number of aromatic nitrogens is 1. The van der Waals surface area contributed by atoms with Gasteiger partial charge in [-0.2, -0.15) is 0 Å². The monoisotopic (exact) mass is 344 g/mol. The summed E-state index contributed by atoms with van der Waals surface area (Å²) in [5.41, 5.74) is 5.42. The smallest absolute Gasteiger partial charge is 0.236 e. The highest BCUT2D eigenvalue weighted by Gasteiger charge is 2.22. The molecule has 4 heteroatoms. The zero-order chi connectivity index (χ0) is 17.1. The highest BCUT2D eigenvalue weighted by Crippen LogP contribution is 2.27. The van der Waals surface area contributed by atoms with Crippen molar-refractivity contribution < 1.29 is 4.79 Å². The van der Waals surface area contributed by atoms with Gasteiger partial charge in [-0.15, -0.1) is 11.3 Å². The van der Waals surface area contributed by atoms with Gasteiger partial charge in [-0.25, -0.2) is 4.98 Å². The summed E-state index contributed by atoms with van der Waals surface area (Å²) in [6.07, 6.45) is 0. The average molecular weight is 344 g/mol. The number of nitrogens with zero attached hydrogens (tertiary/aromatic N) is 1.